The number of hydrogen-bond acceptors (Lipinski definition) is 5. The van der Waals surface area contributed by atoms with E-state index in [2.05, 4.69) is 16.7 Å². The molecular formula is C20H32N2O6. The quantitative estimate of drug-likeness (QED) is 0.344. The van der Waals surface area contributed by atoms with E-state index in [4.69, 9.17) is 14.6 Å². The fourth-order valence-corrected chi connectivity index (χ4v) is 3.91. The number of ether oxygens (including phenoxy) is 2. The van der Waals surface area contributed by atoms with Crippen LogP contribution in [0.5, 0.6) is 0 Å². The Labute approximate surface area is 166 Å². The number of nitrogens with one attached hydrogen (secondary N) is 2. The molecule has 8 nitrogen and oxygen atoms in total. The van der Waals surface area contributed by atoms with Crippen molar-refractivity contribution >= 4 is 18.0 Å². The van der Waals surface area contributed by atoms with Crippen LogP contribution in [-0.2, 0) is 19.1 Å². The van der Waals surface area contributed by atoms with Gasteiger partial charge in [-0.1, -0.05) is 19.1 Å². The molecule has 2 aliphatic heterocycles. The number of carboxylic acid groups (broad SMARTS) is 1. The number of rotatable bonds is 12. The van der Waals surface area contributed by atoms with E-state index in [0.717, 1.165) is 32.1 Å². The average molecular weight is 396 g/mol. The van der Waals surface area contributed by atoms with Crippen LogP contribution in [0.15, 0.2) is 12.2 Å². The summed E-state index contributed by atoms with van der Waals surface area (Å²) in [6.45, 7) is 2.68. The lowest BCUT2D eigenvalue weighted by molar-refractivity contribution is -0.137. The van der Waals surface area contributed by atoms with Gasteiger partial charge in [-0.2, -0.15) is 0 Å². The van der Waals surface area contributed by atoms with E-state index in [-0.39, 0.29) is 37.1 Å². The van der Waals surface area contributed by atoms with Crippen molar-refractivity contribution in [2.24, 2.45) is 11.8 Å². The van der Waals surface area contributed by atoms with Crippen molar-refractivity contribution in [1.29, 1.82) is 0 Å². The molecule has 0 aromatic heterocycles. The minimum Gasteiger partial charge on any atom is -0.481 e. The number of carbonyl (C=O) groups excluding carboxylic acids is 2. The van der Waals surface area contributed by atoms with E-state index in [1.807, 2.05) is 13.0 Å². The number of carbonyl (C=O) groups is 3. The minimum atomic E-state index is -0.766. The summed E-state index contributed by atoms with van der Waals surface area (Å²) in [6, 6.07) is 0. The molecule has 0 spiro atoms. The van der Waals surface area contributed by atoms with Gasteiger partial charge in [-0.15, -0.1) is 0 Å². The molecule has 0 aromatic carbocycles. The van der Waals surface area contributed by atoms with Crippen molar-refractivity contribution in [3.05, 3.63) is 12.2 Å². The zero-order valence-corrected chi connectivity index (χ0v) is 16.5. The van der Waals surface area contributed by atoms with Crippen molar-refractivity contribution in [2.75, 3.05) is 19.7 Å². The summed E-state index contributed by atoms with van der Waals surface area (Å²) in [5.41, 5.74) is 0. The van der Waals surface area contributed by atoms with Crippen LogP contribution in [0.25, 0.3) is 0 Å². The molecule has 8 heteroatoms. The molecule has 2 heterocycles. The maximum absolute atomic E-state index is 12.0. The van der Waals surface area contributed by atoms with Gasteiger partial charge in [-0.05, 0) is 44.4 Å². The second kappa shape index (κ2) is 11.7. The SMILES string of the molecule is CCCNC(=O)OCC(=O)NC[C@H]1[C@@H](CC=CCCCC(=O)O)[C@H]2CC[C@@H]1O2. The van der Waals surface area contributed by atoms with E-state index in [1.54, 1.807) is 0 Å². The molecule has 2 fully saturated rings. The zero-order chi connectivity index (χ0) is 20.4. The van der Waals surface area contributed by atoms with Crippen molar-refractivity contribution in [3.63, 3.8) is 0 Å². The lowest BCUT2D eigenvalue weighted by Crippen LogP contribution is -2.40. The summed E-state index contributed by atoms with van der Waals surface area (Å²) in [5, 5.41) is 14.1. The van der Waals surface area contributed by atoms with Crippen molar-refractivity contribution in [2.45, 2.75) is 64.1 Å². The van der Waals surface area contributed by atoms with Gasteiger partial charge in [0.15, 0.2) is 6.61 Å². The lowest BCUT2D eigenvalue weighted by atomic mass is 9.77. The third kappa shape index (κ3) is 7.14. The van der Waals surface area contributed by atoms with Gasteiger partial charge in [0.1, 0.15) is 0 Å². The maximum atomic E-state index is 12.0. The molecule has 0 unspecified atom stereocenters. The molecule has 0 aromatic rings. The summed E-state index contributed by atoms with van der Waals surface area (Å²) >= 11 is 0. The van der Waals surface area contributed by atoms with Crippen LogP contribution < -0.4 is 10.6 Å². The van der Waals surface area contributed by atoms with Crippen LogP contribution in [0, 0.1) is 11.8 Å². The summed E-state index contributed by atoms with van der Waals surface area (Å²) in [6.07, 6.45) is 9.28. The van der Waals surface area contributed by atoms with E-state index in [1.165, 1.54) is 0 Å². The number of alkyl carbamates (subject to hydrolysis) is 1. The number of carboxylic acids is 1. The molecule has 0 radical (unpaired) electrons. The van der Waals surface area contributed by atoms with Crippen molar-refractivity contribution in [1.82, 2.24) is 10.6 Å². The molecule has 2 bridgehead atoms. The first-order valence-electron chi connectivity index (χ1n) is 10.2. The summed E-state index contributed by atoms with van der Waals surface area (Å²) in [7, 11) is 0. The number of allylic oxidation sites excluding steroid dienone is 2. The van der Waals surface area contributed by atoms with Crippen LogP contribution in [0.4, 0.5) is 4.79 Å². The number of fused-ring (bicyclic) bond motifs is 2. The lowest BCUT2D eigenvalue weighted by Gasteiger charge is -2.27. The molecule has 2 rings (SSSR count). The first kappa shape index (κ1) is 22.2. The van der Waals surface area contributed by atoms with Gasteiger partial charge in [-0.3, -0.25) is 9.59 Å². The highest BCUT2D eigenvalue weighted by atomic mass is 16.6. The largest absolute Gasteiger partial charge is 0.481 e. The van der Waals surface area contributed by atoms with Crippen LogP contribution >= 0.6 is 0 Å². The third-order valence-electron chi connectivity index (χ3n) is 5.32. The first-order chi connectivity index (χ1) is 13.5. The standard InChI is InChI=1S/C20H32N2O6/c1-2-11-21-20(26)27-13-18(23)22-12-15-14(16-9-10-17(15)28-16)7-5-3-4-6-8-19(24)25/h3,5,14-17H,2,4,6-13H2,1H3,(H,21,26)(H,22,23)(H,24,25)/t14-,15+,16-,17+/m1/s1. The Morgan fingerprint density at radius 3 is 2.61 bits per heavy atom. The number of hydrogen-bond donors (Lipinski definition) is 3. The molecule has 158 valence electrons. The molecule has 2 aliphatic rings. The molecule has 3 N–H and O–H groups in total. The highest BCUT2D eigenvalue weighted by Gasteiger charge is 2.47. The molecule has 4 atom stereocenters. The van der Waals surface area contributed by atoms with Gasteiger partial charge in [0.25, 0.3) is 5.91 Å². The fourth-order valence-electron chi connectivity index (χ4n) is 3.91. The Morgan fingerprint density at radius 2 is 1.89 bits per heavy atom. The van der Waals surface area contributed by atoms with E-state index >= 15 is 0 Å². The van der Waals surface area contributed by atoms with E-state index < -0.39 is 12.1 Å². The van der Waals surface area contributed by atoms with Gasteiger partial charge < -0.3 is 25.2 Å². The monoisotopic (exact) mass is 396 g/mol. The van der Waals surface area contributed by atoms with Crippen LogP contribution in [-0.4, -0.2) is 55.0 Å². The predicted octanol–water partition coefficient (Wildman–Crippen LogP) is 2.23. The number of amides is 2. The molecular weight excluding hydrogens is 364 g/mol. The van der Waals surface area contributed by atoms with Gasteiger partial charge >= 0.3 is 12.1 Å². The minimum absolute atomic E-state index is 0.171. The van der Waals surface area contributed by atoms with Gasteiger partial charge in [-0.25, -0.2) is 4.79 Å². The topological polar surface area (TPSA) is 114 Å². The Balaban J connectivity index is 1.70. The zero-order valence-electron chi connectivity index (χ0n) is 16.5. The highest BCUT2D eigenvalue weighted by Crippen LogP contribution is 2.44. The third-order valence-corrected chi connectivity index (χ3v) is 5.32. The first-order valence-corrected chi connectivity index (χ1v) is 10.2. The van der Waals surface area contributed by atoms with Crippen molar-refractivity contribution < 1.29 is 29.0 Å². The van der Waals surface area contributed by atoms with Crippen LogP contribution in [0.2, 0.25) is 0 Å². The summed E-state index contributed by atoms with van der Waals surface area (Å²) in [4.78, 5) is 33.9. The smallest absolute Gasteiger partial charge is 0.407 e. The summed E-state index contributed by atoms with van der Waals surface area (Å²) in [5.74, 6) is -0.473. The maximum Gasteiger partial charge on any atom is 0.407 e. The highest BCUT2D eigenvalue weighted by molar-refractivity contribution is 5.80. The van der Waals surface area contributed by atoms with Gasteiger partial charge in [0.05, 0.1) is 12.2 Å². The normalized spacial score (nSPS) is 25.8. The van der Waals surface area contributed by atoms with Crippen LogP contribution in [0.1, 0.15) is 51.9 Å². The Bertz CT molecular complexity index is 565. The Hall–Kier alpha value is -2.09. The summed E-state index contributed by atoms with van der Waals surface area (Å²) < 4.78 is 10.9. The fraction of sp³-hybridized carbons (Fsp3) is 0.750. The van der Waals surface area contributed by atoms with Gasteiger partial charge in [0, 0.05) is 25.4 Å². The molecule has 2 saturated heterocycles. The van der Waals surface area contributed by atoms with E-state index in [9.17, 15) is 14.4 Å². The number of aliphatic carboxylic acids is 1. The predicted molar refractivity (Wildman–Crippen MR) is 103 cm³/mol. The molecule has 28 heavy (non-hydrogen) atoms. The second-order valence-corrected chi connectivity index (χ2v) is 7.42. The molecule has 0 saturated carbocycles. The number of unbranched alkanes of at least 4 members (excludes halogenated alkanes) is 1. The average Bonchev–Trinajstić information content (AvgIpc) is 3.27. The Kier molecular flexibility index (Phi) is 9.27. The van der Waals surface area contributed by atoms with Crippen LogP contribution in [0.3, 0.4) is 0 Å². The van der Waals surface area contributed by atoms with Gasteiger partial charge in [0.2, 0.25) is 0 Å². The Morgan fingerprint density at radius 1 is 1.14 bits per heavy atom. The second-order valence-electron chi connectivity index (χ2n) is 7.42. The van der Waals surface area contributed by atoms with Crippen molar-refractivity contribution in [3.8, 4) is 0 Å². The van der Waals surface area contributed by atoms with E-state index in [0.29, 0.717) is 25.4 Å². The molecule has 0 aliphatic carbocycles. The molecule has 2 amide bonds.